The van der Waals surface area contributed by atoms with Crippen LogP contribution >= 0.6 is 11.6 Å². The van der Waals surface area contributed by atoms with Crippen LogP contribution in [0.5, 0.6) is 5.88 Å². The molecular weight excluding hydrogens is 194 g/mol. The number of ether oxygens (including phenoxy) is 1. The monoisotopic (exact) mass is 197 g/mol. The zero-order chi connectivity index (χ0) is 9.84. The highest BCUT2D eigenvalue weighted by atomic mass is 35.5. The minimum Gasteiger partial charge on any atom is -0.391 e. The second kappa shape index (κ2) is 3.74. The fourth-order valence-corrected chi connectivity index (χ4v) is 0.839. The number of hydrogen-bond donors (Lipinski definition) is 1. The number of nitriles is 1. The lowest BCUT2D eigenvalue weighted by atomic mass is 10.3. The van der Waals surface area contributed by atoms with Crippen LogP contribution in [-0.4, -0.2) is 11.1 Å². The summed E-state index contributed by atoms with van der Waals surface area (Å²) in [4.78, 5) is 13.9. The molecule has 0 atom stereocenters. The Labute approximate surface area is 78.7 Å². The molecule has 66 valence electrons. The smallest absolute Gasteiger partial charge is 0.391 e. The van der Waals surface area contributed by atoms with Gasteiger partial charge in [0.05, 0.1) is 16.8 Å². The van der Waals surface area contributed by atoms with Crippen molar-refractivity contribution < 1.29 is 9.53 Å². The van der Waals surface area contributed by atoms with Crippen LogP contribution in [0.3, 0.4) is 0 Å². The number of carbonyl (C=O) groups is 1. The number of nitrogens with zero attached hydrogens (tertiary/aromatic N) is 2. The molecule has 0 saturated heterocycles. The summed E-state index contributed by atoms with van der Waals surface area (Å²) in [6, 6.07) is 3.05. The first-order valence-electron chi connectivity index (χ1n) is 3.16. The molecule has 1 aromatic rings. The molecule has 1 aromatic heterocycles. The summed E-state index contributed by atoms with van der Waals surface area (Å²) in [5.74, 6) is -0.0310. The lowest BCUT2D eigenvalue weighted by Crippen LogP contribution is -2.16. The molecule has 0 aromatic carbocycles. The molecule has 0 fully saturated rings. The number of rotatable bonds is 1. The number of halogens is 1. The van der Waals surface area contributed by atoms with Gasteiger partial charge in [-0.05, 0) is 0 Å². The van der Waals surface area contributed by atoms with Crippen molar-refractivity contribution in [1.29, 1.82) is 5.26 Å². The Kier molecular flexibility index (Phi) is 2.67. The van der Waals surface area contributed by atoms with E-state index in [0.717, 1.165) is 0 Å². The molecule has 6 heteroatoms. The van der Waals surface area contributed by atoms with E-state index in [1.165, 1.54) is 12.3 Å². The highest BCUT2D eigenvalue weighted by Gasteiger charge is 2.04. The standard InChI is InChI=1S/C7H4ClN3O2/c8-5-1-6(13-7(10)12)11-3-4(5)2-9/h1,3H,(H2,10,12). The summed E-state index contributed by atoms with van der Waals surface area (Å²) in [6.07, 6.45) is 0.217. The summed E-state index contributed by atoms with van der Waals surface area (Å²) < 4.78 is 4.43. The van der Waals surface area contributed by atoms with Crippen LogP contribution < -0.4 is 10.5 Å². The molecule has 0 bridgehead atoms. The lowest BCUT2D eigenvalue weighted by Gasteiger charge is -1.99. The fourth-order valence-electron chi connectivity index (χ4n) is 0.654. The molecule has 13 heavy (non-hydrogen) atoms. The average molecular weight is 198 g/mol. The predicted molar refractivity (Wildman–Crippen MR) is 44.2 cm³/mol. The summed E-state index contributed by atoms with van der Waals surface area (Å²) in [5.41, 5.74) is 4.94. The molecule has 0 saturated carbocycles. The van der Waals surface area contributed by atoms with Crippen molar-refractivity contribution in [2.75, 3.05) is 0 Å². The van der Waals surface area contributed by atoms with Crippen LogP contribution in [0.15, 0.2) is 12.3 Å². The van der Waals surface area contributed by atoms with Crippen molar-refractivity contribution in [2.24, 2.45) is 5.73 Å². The Morgan fingerprint density at radius 2 is 2.46 bits per heavy atom. The molecule has 1 rings (SSSR count). The maximum absolute atomic E-state index is 10.3. The number of amides is 1. The number of carbonyl (C=O) groups excluding carboxylic acids is 1. The molecule has 0 aliphatic heterocycles. The van der Waals surface area contributed by atoms with Gasteiger partial charge in [0, 0.05) is 6.07 Å². The van der Waals surface area contributed by atoms with Crippen LogP contribution in [0.2, 0.25) is 5.02 Å². The average Bonchev–Trinajstić information content (AvgIpc) is 2.03. The highest BCUT2D eigenvalue weighted by Crippen LogP contribution is 2.18. The van der Waals surface area contributed by atoms with Crippen LogP contribution in [0.25, 0.3) is 0 Å². The van der Waals surface area contributed by atoms with E-state index >= 15 is 0 Å². The Bertz CT molecular complexity index is 386. The molecule has 0 radical (unpaired) electrons. The van der Waals surface area contributed by atoms with Gasteiger partial charge in [-0.15, -0.1) is 0 Å². The molecule has 0 aliphatic carbocycles. The predicted octanol–water partition coefficient (Wildman–Crippen LogP) is 1.06. The van der Waals surface area contributed by atoms with E-state index in [2.05, 4.69) is 9.72 Å². The molecule has 0 unspecified atom stereocenters. The van der Waals surface area contributed by atoms with Crippen molar-refractivity contribution in [3.05, 3.63) is 22.8 Å². The normalized spacial score (nSPS) is 8.92. The summed E-state index contributed by atoms with van der Waals surface area (Å²) in [7, 11) is 0. The van der Waals surface area contributed by atoms with Crippen LogP contribution in [0.1, 0.15) is 5.56 Å². The van der Waals surface area contributed by atoms with E-state index in [0.29, 0.717) is 0 Å². The van der Waals surface area contributed by atoms with Gasteiger partial charge in [-0.25, -0.2) is 9.78 Å². The maximum atomic E-state index is 10.3. The van der Waals surface area contributed by atoms with Gasteiger partial charge >= 0.3 is 6.09 Å². The van der Waals surface area contributed by atoms with E-state index < -0.39 is 6.09 Å². The zero-order valence-electron chi connectivity index (χ0n) is 6.32. The third kappa shape index (κ3) is 2.32. The van der Waals surface area contributed by atoms with Crippen molar-refractivity contribution in [2.45, 2.75) is 0 Å². The Hall–Kier alpha value is -1.80. The second-order valence-corrected chi connectivity index (χ2v) is 2.44. The van der Waals surface area contributed by atoms with Gasteiger partial charge in [0.25, 0.3) is 0 Å². The quantitative estimate of drug-likeness (QED) is 0.729. The maximum Gasteiger partial charge on any atom is 0.411 e. The van der Waals surface area contributed by atoms with Gasteiger partial charge < -0.3 is 10.5 Å². The van der Waals surface area contributed by atoms with Crippen LogP contribution in [0.4, 0.5) is 4.79 Å². The first-order chi connectivity index (χ1) is 6.13. The Morgan fingerprint density at radius 1 is 1.77 bits per heavy atom. The van der Waals surface area contributed by atoms with E-state index in [1.807, 2.05) is 6.07 Å². The van der Waals surface area contributed by atoms with Gasteiger partial charge in [0.15, 0.2) is 0 Å². The van der Waals surface area contributed by atoms with Gasteiger partial charge in [-0.3, -0.25) is 0 Å². The summed E-state index contributed by atoms with van der Waals surface area (Å²) in [6.45, 7) is 0. The van der Waals surface area contributed by atoms with Gasteiger partial charge in [0.1, 0.15) is 6.07 Å². The highest BCUT2D eigenvalue weighted by molar-refractivity contribution is 6.31. The van der Waals surface area contributed by atoms with Crippen molar-refractivity contribution in [3.63, 3.8) is 0 Å². The van der Waals surface area contributed by atoms with E-state index in [1.54, 1.807) is 0 Å². The Balaban J connectivity index is 2.97. The van der Waals surface area contributed by atoms with E-state index in [-0.39, 0.29) is 16.5 Å². The van der Waals surface area contributed by atoms with Crippen LogP contribution in [0, 0.1) is 11.3 Å². The first-order valence-corrected chi connectivity index (χ1v) is 3.54. The molecule has 1 heterocycles. The van der Waals surface area contributed by atoms with Gasteiger partial charge in [-0.2, -0.15) is 5.26 Å². The molecule has 2 N–H and O–H groups in total. The minimum absolute atomic E-state index is 0.0310. The first kappa shape index (κ1) is 9.29. The number of primary amides is 1. The van der Waals surface area contributed by atoms with Crippen molar-refractivity contribution >= 4 is 17.7 Å². The SMILES string of the molecule is N#Cc1cnc(OC(N)=O)cc1Cl. The van der Waals surface area contributed by atoms with Gasteiger partial charge in [-0.1, -0.05) is 11.6 Å². The van der Waals surface area contributed by atoms with Crippen molar-refractivity contribution in [1.82, 2.24) is 4.98 Å². The van der Waals surface area contributed by atoms with E-state index in [4.69, 9.17) is 22.6 Å². The number of pyridine rings is 1. The molecular formula is C7H4ClN3O2. The largest absolute Gasteiger partial charge is 0.411 e. The third-order valence-electron chi connectivity index (χ3n) is 1.15. The molecule has 5 nitrogen and oxygen atoms in total. The number of nitrogens with two attached hydrogens (primary N) is 1. The zero-order valence-corrected chi connectivity index (χ0v) is 7.08. The minimum atomic E-state index is -0.978. The molecule has 1 amide bonds. The summed E-state index contributed by atoms with van der Waals surface area (Å²) in [5, 5.41) is 8.65. The molecule has 0 aliphatic rings. The summed E-state index contributed by atoms with van der Waals surface area (Å²) >= 11 is 5.62. The topological polar surface area (TPSA) is 89.0 Å². The Morgan fingerprint density at radius 3 is 2.92 bits per heavy atom. The van der Waals surface area contributed by atoms with Crippen LogP contribution in [-0.2, 0) is 0 Å². The number of hydrogen-bond acceptors (Lipinski definition) is 4. The lowest BCUT2D eigenvalue weighted by molar-refractivity contribution is 0.209. The molecule has 0 spiro atoms. The third-order valence-corrected chi connectivity index (χ3v) is 1.47. The van der Waals surface area contributed by atoms with E-state index in [9.17, 15) is 4.79 Å². The second-order valence-electron chi connectivity index (χ2n) is 2.04. The van der Waals surface area contributed by atoms with Gasteiger partial charge in [0.2, 0.25) is 5.88 Å². The fraction of sp³-hybridized carbons (Fsp3) is 0. The van der Waals surface area contributed by atoms with Crippen molar-refractivity contribution in [3.8, 4) is 11.9 Å². The number of aromatic nitrogens is 1.